The first-order valence-corrected chi connectivity index (χ1v) is 15.5. The molecule has 4 atom stereocenters. The van der Waals surface area contributed by atoms with E-state index in [0.717, 1.165) is 11.1 Å². The Bertz CT molecular complexity index is 1380. The smallest absolute Gasteiger partial charge is 0.407 e. The molecule has 0 saturated heterocycles. The molecule has 11 nitrogen and oxygen atoms in total. The number of carbonyl (C=O) groups is 2. The molecule has 4 unspecified atom stereocenters. The van der Waals surface area contributed by atoms with Crippen LogP contribution in [-0.2, 0) is 32.6 Å². The summed E-state index contributed by atoms with van der Waals surface area (Å²) in [6, 6.07) is 24.0. The third kappa shape index (κ3) is 10.8. The van der Waals surface area contributed by atoms with Gasteiger partial charge < -0.3 is 26.0 Å². The number of nitrogens with one attached hydrogen (secondary N) is 2. The lowest BCUT2D eigenvalue weighted by molar-refractivity contribution is -0.119. The maximum absolute atomic E-state index is 13.4. The number of hydrogen-bond donors (Lipinski definition) is 5. The van der Waals surface area contributed by atoms with Crippen molar-refractivity contribution in [2.75, 3.05) is 13.1 Å². The van der Waals surface area contributed by atoms with E-state index in [-0.39, 0.29) is 31.0 Å². The van der Waals surface area contributed by atoms with Crippen LogP contribution in [0.2, 0.25) is 0 Å². The molecule has 0 bridgehead atoms. The van der Waals surface area contributed by atoms with E-state index >= 15 is 0 Å². The standard InChI is InChI=1S/C31H40N4O7S/c1-2-18-35(43(40,41)25-16-10-5-11-17-25)21-28(36)26(19-23-12-6-3-7-13-23)33-30(38)27(20-29(32)37)34-31(39)42-22-24-14-8-4-9-15-24/h3-17,26-28,30,33,36,38H,2,18-22H2,1H3,(H2,32,37)(H,34,39). The number of aliphatic hydroxyl groups is 2. The monoisotopic (exact) mass is 612 g/mol. The molecule has 6 N–H and O–H groups in total. The predicted molar refractivity (Wildman–Crippen MR) is 162 cm³/mol. The lowest BCUT2D eigenvalue weighted by Crippen LogP contribution is -2.58. The number of hydrogen-bond acceptors (Lipinski definition) is 8. The molecule has 232 valence electrons. The van der Waals surface area contributed by atoms with Crippen LogP contribution in [0.15, 0.2) is 95.9 Å². The van der Waals surface area contributed by atoms with E-state index in [1.165, 1.54) is 16.4 Å². The molecule has 3 aromatic carbocycles. The average molecular weight is 613 g/mol. The highest BCUT2D eigenvalue weighted by Gasteiger charge is 2.33. The van der Waals surface area contributed by atoms with Gasteiger partial charge in [-0.3, -0.25) is 10.1 Å². The summed E-state index contributed by atoms with van der Waals surface area (Å²) in [5.74, 6) is -0.780. The summed E-state index contributed by atoms with van der Waals surface area (Å²) in [6.07, 6.45) is -3.43. The van der Waals surface area contributed by atoms with Gasteiger partial charge in [0.2, 0.25) is 15.9 Å². The quantitative estimate of drug-likeness (QED) is 0.144. The van der Waals surface area contributed by atoms with Gasteiger partial charge in [-0.25, -0.2) is 13.2 Å². The number of nitrogens with two attached hydrogens (primary N) is 1. The van der Waals surface area contributed by atoms with E-state index in [9.17, 15) is 28.2 Å². The summed E-state index contributed by atoms with van der Waals surface area (Å²) >= 11 is 0. The van der Waals surface area contributed by atoms with Crippen LogP contribution >= 0.6 is 0 Å². The number of primary amides is 1. The molecule has 0 aliphatic rings. The van der Waals surface area contributed by atoms with Crippen molar-refractivity contribution in [2.45, 2.75) is 62.1 Å². The Kier molecular flexibility index (Phi) is 13.1. The summed E-state index contributed by atoms with van der Waals surface area (Å²) in [6.45, 7) is 1.70. The predicted octanol–water partition coefficient (Wildman–Crippen LogP) is 2.14. The Balaban J connectivity index is 1.78. The summed E-state index contributed by atoms with van der Waals surface area (Å²) in [4.78, 5) is 24.5. The molecule has 0 aliphatic carbocycles. The number of benzene rings is 3. The Hall–Kier alpha value is -3.81. The average Bonchev–Trinajstić information content (AvgIpc) is 3.00. The van der Waals surface area contributed by atoms with Crippen LogP contribution in [-0.4, -0.2) is 72.4 Å². The number of sulfonamides is 1. The minimum atomic E-state index is -3.92. The normalized spacial score (nSPS) is 14.4. The summed E-state index contributed by atoms with van der Waals surface area (Å²) in [5, 5.41) is 27.9. The molecule has 43 heavy (non-hydrogen) atoms. The third-order valence-corrected chi connectivity index (χ3v) is 8.59. The maximum Gasteiger partial charge on any atom is 0.407 e. The van der Waals surface area contributed by atoms with Gasteiger partial charge in [-0.2, -0.15) is 4.31 Å². The number of ether oxygens (including phenoxy) is 1. The summed E-state index contributed by atoms with van der Waals surface area (Å²) in [5.41, 5.74) is 6.95. The molecular formula is C31H40N4O7S. The summed E-state index contributed by atoms with van der Waals surface area (Å²) < 4.78 is 33.3. The Morgan fingerprint density at radius 2 is 1.44 bits per heavy atom. The van der Waals surface area contributed by atoms with Gasteiger partial charge in [0, 0.05) is 19.1 Å². The Morgan fingerprint density at radius 3 is 2.00 bits per heavy atom. The van der Waals surface area contributed by atoms with Crippen LogP contribution in [0.5, 0.6) is 0 Å². The van der Waals surface area contributed by atoms with Crippen molar-refractivity contribution in [3.63, 3.8) is 0 Å². The van der Waals surface area contributed by atoms with Crippen molar-refractivity contribution < 1.29 is 33.0 Å². The van der Waals surface area contributed by atoms with Gasteiger partial charge in [0.1, 0.15) is 12.8 Å². The van der Waals surface area contributed by atoms with Crippen LogP contribution in [0.3, 0.4) is 0 Å². The molecule has 0 aliphatic heterocycles. The second-order valence-corrected chi connectivity index (χ2v) is 12.1. The summed E-state index contributed by atoms with van der Waals surface area (Å²) in [7, 11) is -3.92. The number of aliphatic hydroxyl groups excluding tert-OH is 2. The first-order chi connectivity index (χ1) is 20.6. The van der Waals surface area contributed by atoms with Crippen molar-refractivity contribution in [1.29, 1.82) is 0 Å². The number of carbonyl (C=O) groups excluding carboxylic acids is 2. The molecule has 3 aromatic rings. The molecule has 3 rings (SSSR count). The van der Waals surface area contributed by atoms with E-state index in [1.807, 2.05) is 43.3 Å². The molecule has 0 spiro atoms. The van der Waals surface area contributed by atoms with E-state index < -0.39 is 52.9 Å². The van der Waals surface area contributed by atoms with Crippen molar-refractivity contribution in [3.8, 4) is 0 Å². The molecule has 0 saturated carbocycles. The minimum absolute atomic E-state index is 0.0298. The van der Waals surface area contributed by atoms with Crippen molar-refractivity contribution in [1.82, 2.24) is 14.9 Å². The zero-order chi connectivity index (χ0) is 31.2. The van der Waals surface area contributed by atoms with Gasteiger partial charge in [-0.15, -0.1) is 0 Å². The second-order valence-electron chi connectivity index (χ2n) is 10.1. The first-order valence-electron chi connectivity index (χ1n) is 14.1. The lowest BCUT2D eigenvalue weighted by atomic mass is 10.00. The molecule has 12 heteroatoms. The minimum Gasteiger partial charge on any atom is -0.445 e. The van der Waals surface area contributed by atoms with E-state index in [1.54, 1.807) is 42.5 Å². The lowest BCUT2D eigenvalue weighted by Gasteiger charge is -2.33. The molecule has 0 fully saturated rings. The number of amides is 2. The van der Waals surface area contributed by atoms with Crippen molar-refractivity contribution in [2.24, 2.45) is 5.73 Å². The van der Waals surface area contributed by atoms with Gasteiger partial charge >= 0.3 is 6.09 Å². The van der Waals surface area contributed by atoms with Crippen LogP contribution in [0.4, 0.5) is 4.79 Å². The van der Waals surface area contributed by atoms with Gasteiger partial charge in [0.05, 0.1) is 23.5 Å². The highest BCUT2D eigenvalue weighted by molar-refractivity contribution is 7.89. The van der Waals surface area contributed by atoms with Gasteiger partial charge in [0.25, 0.3) is 0 Å². The topological polar surface area (TPSA) is 171 Å². The molecule has 0 radical (unpaired) electrons. The number of alkyl carbamates (subject to hydrolysis) is 1. The fourth-order valence-corrected chi connectivity index (χ4v) is 6.09. The SMILES string of the molecule is CCCN(CC(O)C(Cc1ccccc1)NC(O)C(CC(N)=O)NC(=O)OCc1ccccc1)S(=O)(=O)c1ccccc1. The maximum atomic E-state index is 13.4. The Morgan fingerprint density at radius 1 is 0.884 bits per heavy atom. The van der Waals surface area contributed by atoms with Crippen LogP contribution in [0.25, 0.3) is 0 Å². The third-order valence-electron chi connectivity index (χ3n) is 6.71. The van der Waals surface area contributed by atoms with Crippen molar-refractivity contribution >= 4 is 22.0 Å². The number of rotatable bonds is 17. The molecule has 2 amide bonds. The van der Waals surface area contributed by atoms with Crippen LogP contribution in [0, 0.1) is 0 Å². The first kappa shape index (κ1) is 33.7. The van der Waals surface area contributed by atoms with Gasteiger partial charge in [0.15, 0.2) is 0 Å². The fraction of sp³-hybridized carbons (Fsp3) is 0.355. The van der Waals surface area contributed by atoms with E-state index in [4.69, 9.17) is 10.5 Å². The zero-order valence-corrected chi connectivity index (χ0v) is 24.9. The van der Waals surface area contributed by atoms with E-state index in [0.29, 0.717) is 6.42 Å². The van der Waals surface area contributed by atoms with Crippen LogP contribution in [0.1, 0.15) is 30.9 Å². The fourth-order valence-electron chi connectivity index (χ4n) is 4.52. The number of nitrogens with zero attached hydrogens (tertiary/aromatic N) is 1. The van der Waals surface area contributed by atoms with Crippen LogP contribution < -0.4 is 16.4 Å². The molecular weight excluding hydrogens is 572 g/mol. The molecule has 0 heterocycles. The largest absolute Gasteiger partial charge is 0.445 e. The second kappa shape index (κ2) is 16.7. The van der Waals surface area contributed by atoms with Gasteiger partial charge in [-0.05, 0) is 36.1 Å². The van der Waals surface area contributed by atoms with Gasteiger partial charge in [-0.1, -0.05) is 85.8 Å². The molecule has 0 aromatic heterocycles. The zero-order valence-electron chi connectivity index (χ0n) is 24.1. The Labute approximate surface area is 252 Å². The van der Waals surface area contributed by atoms with E-state index in [2.05, 4.69) is 10.6 Å². The highest BCUT2D eigenvalue weighted by atomic mass is 32.2. The highest BCUT2D eigenvalue weighted by Crippen LogP contribution is 2.18. The van der Waals surface area contributed by atoms with Crippen molar-refractivity contribution in [3.05, 3.63) is 102 Å².